The van der Waals surface area contributed by atoms with E-state index >= 15 is 0 Å². The van der Waals surface area contributed by atoms with E-state index in [-0.39, 0.29) is 19.3 Å². The molecule has 0 fully saturated rings. The summed E-state index contributed by atoms with van der Waals surface area (Å²) in [7, 11) is 0. The molecule has 0 aromatic heterocycles. The minimum Gasteiger partial charge on any atom is -0.481 e. The topological polar surface area (TPSA) is 129 Å². The minimum absolute atomic E-state index is 0.148. The molecule has 102 valence electrons. The molecule has 2 atom stereocenters. The second-order valence-corrected chi connectivity index (χ2v) is 4.40. The molecule has 18 heavy (non-hydrogen) atoms. The van der Waals surface area contributed by atoms with Crippen LogP contribution in [0.15, 0.2) is 0 Å². The average Bonchev–Trinajstić information content (AvgIpc) is 2.26. The van der Waals surface area contributed by atoms with Crippen LogP contribution in [0, 0.1) is 11.3 Å². The van der Waals surface area contributed by atoms with Gasteiger partial charge in [-0.05, 0) is 19.8 Å². The molecule has 0 rings (SSSR count). The summed E-state index contributed by atoms with van der Waals surface area (Å²) in [6.45, 7) is 2.50. The van der Waals surface area contributed by atoms with Crippen LogP contribution in [0.5, 0.6) is 0 Å². The Hall–Kier alpha value is -1.92. The summed E-state index contributed by atoms with van der Waals surface area (Å²) >= 11 is 0. The molecule has 0 heterocycles. The van der Waals surface area contributed by atoms with Crippen molar-refractivity contribution >= 4 is 23.7 Å². The molecule has 0 aromatic rings. The van der Waals surface area contributed by atoms with Crippen LogP contribution < -0.4 is 0 Å². The fraction of sp³-hybridized carbons (Fsp3) is 0.636. The minimum atomic E-state index is -2.01. The van der Waals surface area contributed by atoms with E-state index in [1.54, 1.807) is 0 Å². The zero-order valence-corrected chi connectivity index (χ0v) is 10.2. The standard InChI is InChI=1S/C11H16O7/c1-6(8(13)14)4-3-5-11(2,10(17)18)7(12)9(15)16/h6H,3-5H2,1-2H3,(H,13,14)(H,15,16)(H,17,18). The Morgan fingerprint density at radius 1 is 1.11 bits per heavy atom. The van der Waals surface area contributed by atoms with E-state index in [0.717, 1.165) is 6.92 Å². The Labute approximate surface area is 103 Å². The van der Waals surface area contributed by atoms with E-state index in [0.29, 0.717) is 0 Å². The maximum Gasteiger partial charge on any atom is 0.373 e. The van der Waals surface area contributed by atoms with Crippen LogP contribution in [-0.2, 0) is 19.2 Å². The average molecular weight is 260 g/mol. The predicted octanol–water partition coefficient (Wildman–Crippen LogP) is 0.622. The number of carboxylic acids is 3. The molecule has 0 spiro atoms. The van der Waals surface area contributed by atoms with E-state index in [4.69, 9.17) is 15.3 Å². The number of hydrogen-bond acceptors (Lipinski definition) is 4. The van der Waals surface area contributed by atoms with Gasteiger partial charge in [0.05, 0.1) is 5.92 Å². The molecule has 0 aliphatic carbocycles. The summed E-state index contributed by atoms with van der Waals surface area (Å²) in [6, 6.07) is 0. The molecule has 3 N–H and O–H groups in total. The number of carboxylic acid groups (broad SMARTS) is 3. The smallest absolute Gasteiger partial charge is 0.373 e. The third kappa shape index (κ3) is 3.83. The van der Waals surface area contributed by atoms with Crippen molar-refractivity contribution in [2.75, 3.05) is 0 Å². The molecule has 0 aliphatic rings. The van der Waals surface area contributed by atoms with E-state index in [1.807, 2.05) is 0 Å². The first-order chi connectivity index (χ1) is 8.12. The normalized spacial score (nSPS) is 15.4. The van der Waals surface area contributed by atoms with Crippen molar-refractivity contribution in [1.82, 2.24) is 0 Å². The van der Waals surface area contributed by atoms with Crippen LogP contribution in [-0.4, -0.2) is 39.0 Å². The molecule has 0 aliphatic heterocycles. The number of carbonyl (C=O) groups excluding carboxylic acids is 1. The number of rotatable bonds is 8. The van der Waals surface area contributed by atoms with Gasteiger partial charge >= 0.3 is 17.9 Å². The van der Waals surface area contributed by atoms with E-state index in [1.165, 1.54) is 6.92 Å². The van der Waals surface area contributed by atoms with Gasteiger partial charge in [0.25, 0.3) is 5.78 Å². The highest BCUT2D eigenvalue weighted by molar-refractivity contribution is 6.38. The number of hydrogen-bond donors (Lipinski definition) is 3. The van der Waals surface area contributed by atoms with Crippen LogP contribution in [0.4, 0.5) is 0 Å². The Morgan fingerprint density at radius 3 is 1.94 bits per heavy atom. The molecule has 0 bridgehead atoms. The van der Waals surface area contributed by atoms with Crippen LogP contribution >= 0.6 is 0 Å². The second-order valence-electron chi connectivity index (χ2n) is 4.40. The molecule has 0 radical (unpaired) electrons. The van der Waals surface area contributed by atoms with E-state index in [9.17, 15) is 19.2 Å². The predicted molar refractivity (Wildman–Crippen MR) is 59.0 cm³/mol. The number of Topliss-reactive ketones (excluding diaryl/α,β-unsaturated/α-hetero) is 1. The van der Waals surface area contributed by atoms with Gasteiger partial charge in [-0.1, -0.05) is 13.3 Å². The highest BCUT2D eigenvalue weighted by atomic mass is 16.4. The van der Waals surface area contributed by atoms with Crippen LogP contribution in [0.1, 0.15) is 33.1 Å². The molecule has 0 aromatic carbocycles. The third-order valence-electron chi connectivity index (χ3n) is 2.90. The van der Waals surface area contributed by atoms with Crippen molar-refractivity contribution in [1.29, 1.82) is 0 Å². The number of carbonyl (C=O) groups is 4. The molecule has 0 amide bonds. The summed E-state index contributed by atoms with van der Waals surface area (Å²) in [5, 5.41) is 26.1. The largest absolute Gasteiger partial charge is 0.481 e. The second kappa shape index (κ2) is 6.13. The Morgan fingerprint density at radius 2 is 1.61 bits per heavy atom. The molecular weight excluding hydrogens is 244 g/mol. The molecule has 0 saturated carbocycles. The van der Waals surface area contributed by atoms with Crippen LogP contribution in [0.2, 0.25) is 0 Å². The van der Waals surface area contributed by atoms with Crippen molar-refractivity contribution in [3.63, 3.8) is 0 Å². The Kier molecular flexibility index (Phi) is 5.48. The third-order valence-corrected chi connectivity index (χ3v) is 2.90. The summed E-state index contributed by atoms with van der Waals surface area (Å²) in [4.78, 5) is 43.4. The van der Waals surface area contributed by atoms with Crippen molar-refractivity contribution in [2.45, 2.75) is 33.1 Å². The molecule has 7 nitrogen and oxygen atoms in total. The SMILES string of the molecule is CC(CCCC(C)(C(=O)O)C(=O)C(=O)O)C(=O)O. The highest BCUT2D eigenvalue weighted by Crippen LogP contribution is 2.27. The molecule has 2 unspecified atom stereocenters. The molecule has 7 heteroatoms. The van der Waals surface area contributed by atoms with Gasteiger partial charge in [0, 0.05) is 0 Å². The zero-order chi connectivity index (χ0) is 14.5. The number of ketones is 1. The molecule has 0 saturated heterocycles. The van der Waals surface area contributed by atoms with Gasteiger partial charge in [-0.25, -0.2) is 4.79 Å². The summed E-state index contributed by atoms with van der Waals surface area (Å²) in [6.07, 6.45) is 0.130. The molecular formula is C11H16O7. The summed E-state index contributed by atoms with van der Waals surface area (Å²) in [5.74, 6) is -6.39. The maximum absolute atomic E-state index is 11.3. The fourth-order valence-corrected chi connectivity index (χ4v) is 1.44. The number of aliphatic carboxylic acids is 3. The van der Waals surface area contributed by atoms with Crippen LogP contribution in [0.3, 0.4) is 0 Å². The van der Waals surface area contributed by atoms with Crippen molar-refractivity contribution in [3.05, 3.63) is 0 Å². The Balaban J connectivity index is 4.66. The zero-order valence-electron chi connectivity index (χ0n) is 10.2. The van der Waals surface area contributed by atoms with Crippen LogP contribution in [0.25, 0.3) is 0 Å². The van der Waals surface area contributed by atoms with Gasteiger partial charge in [-0.15, -0.1) is 0 Å². The lowest BCUT2D eigenvalue weighted by Gasteiger charge is -2.21. The lowest BCUT2D eigenvalue weighted by atomic mass is 9.80. The Bertz CT molecular complexity index is 374. The first kappa shape index (κ1) is 16.1. The highest BCUT2D eigenvalue weighted by Gasteiger charge is 2.44. The van der Waals surface area contributed by atoms with Crippen molar-refractivity contribution in [3.8, 4) is 0 Å². The fourth-order valence-electron chi connectivity index (χ4n) is 1.44. The van der Waals surface area contributed by atoms with E-state index in [2.05, 4.69) is 0 Å². The summed E-state index contributed by atoms with van der Waals surface area (Å²) in [5.41, 5.74) is -2.01. The van der Waals surface area contributed by atoms with E-state index < -0.39 is 35.0 Å². The van der Waals surface area contributed by atoms with Gasteiger partial charge in [0.15, 0.2) is 0 Å². The lowest BCUT2D eigenvalue weighted by Crippen LogP contribution is -2.40. The van der Waals surface area contributed by atoms with Gasteiger partial charge in [-0.2, -0.15) is 0 Å². The van der Waals surface area contributed by atoms with Crippen molar-refractivity contribution in [2.24, 2.45) is 11.3 Å². The van der Waals surface area contributed by atoms with Crippen molar-refractivity contribution < 1.29 is 34.5 Å². The van der Waals surface area contributed by atoms with Gasteiger partial charge in [0.2, 0.25) is 0 Å². The first-order valence-electron chi connectivity index (χ1n) is 5.37. The van der Waals surface area contributed by atoms with Gasteiger partial charge in [-0.3, -0.25) is 14.4 Å². The van der Waals surface area contributed by atoms with Gasteiger partial charge < -0.3 is 15.3 Å². The lowest BCUT2D eigenvalue weighted by molar-refractivity contribution is -0.163. The van der Waals surface area contributed by atoms with Gasteiger partial charge in [0.1, 0.15) is 5.41 Å². The first-order valence-corrected chi connectivity index (χ1v) is 5.37. The summed E-state index contributed by atoms with van der Waals surface area (Å²) < 4.78 is 0. The monoisotopic (exact) mass is 260 g/mol. The maximum atomic E-state index is 11.3. The quantitative estimate of drug-likeness (QED) is 0.431.